The minimum Gasteiger partial charge on any atom is -0.279 e. The van der Waals surface area contributed by atoms with Gasteiger partial charge in [0, 0.05) is 6.54 Å². The topological polar surface area (TPSA) is 27.0 Å². The summed E-state index contributed by atoms with van der Waals surface area (Å²) in [5.41, 5.74) is 1.77. The summed E-state index contributed by atoms with van der Waals surface area (Å²) < 4.78 is 12.7. The van der Waals surface area contributed by atoms with Gasteiger partial charge in [-0.2, -0.15) is 5.26 Å². The van der Waals surface area contributed by atoms with Crippen molar-refractivity contribution in [1.82, 2.24) is 0 Å². The van der Waals surface area contributed by atoms with Crippen molar-refractivity contribution in [3.05, 3.63) is 29.6 Å². The lowest BCUT2D eigenvalue weighted by Gasteiger charge is -2.06. The zero-order valence-corrected chi connectivity index (χ0v) is 6.42. The Bertz CT molecular complexity index is 354. The van der Waals surface area contributed by atoms with Gasteiger partial charge in [0.15, 0.2) is 6.19 Å². The number of rotatable bonds is 0. The van der Waals surface area contributed by atoms with E-state index in [1.165, 1.54) is 17.0 Å². The normalized spacial score (nSPS) is 14.2. The molecule has 0 spiro atoms. The van der Waals surface area contributed by atoms with Gasteiger partial charge in [-0.1, -0.05) is 6.07 Å². The van der Waals surface area contributed by atoms with Gasteiger partial charge in [0.05, 0.1) is 5.69 Å². The molecule has 0 atom stereocenters. The minimum absolute atomic E-state index is 0.282. The van der Waals surface area contributed by atoms with E-state index >= 15 is 0 Å². The Morgan fingerprint density at radius 1 is 1.50 bits per heavy atom. The maximum atomic E-state index is 12.7. The monoisotopic (exact) mass is 162 g/mol. The first-order valence-corrected chi connectivity index (χ1v) is 3.77. The molecule has 0 saturated heterocycles. The minimum atomic E-state index is -0.282. The van der Waals surface area contributed by atoms with Crippen LogP contribution in [0.25, 0.3) is 0 Å². The Hall–Kier alpha value is -1.56. The second kappa shape index (κ2) is 2.49. The molecular weight excluding hydrogens is 155 g/mol. The summed E-state index contributed by atoms with van der Waals surface area (Å²) in [6, 6.07) is 4.58. The van der Waals surface area contributed by atoms with Gasteiger partial charge in [0.2, 0.25) is 0 Å². The van der Waals surface area contributed by atoms with Crippen molar-refractivity contribution < 1.29 is 4.39 Å². The second-order valence-corrected chi connectivity index (χ2v) is 2.77. The number of anilines is 1. The molecule has 1 heterocycles. The average Bonchev–Trinajstić information content (AvgIpc) is 2.46. The van der Waals surface area contributed by atoms with Crippen LogP contribution < -0.4 is 4.90 Å². The number of nitriles is 1. The van der Waals surface area contributed by atoms with Gasteiger partial charge in [-0.15, -0.1) is 0 Å². The van der Waals surface area contributed by atoms with Crippen LogP contribution in [-0.2, 0) is 6.42 Å². The molecule has 0 fully saturated rings. The first-order chi connectivity index (χ1) is 5.81. The summed E-state index contributed by atoms with van der Waals surface area (Å²) in [4.78, 5) is 1.51. The highest BCUT2D eigenvalue weighted by Crippen LogP contribution is 2.27. The van der Waals surface area contributed by atoms with E-state index in [4.69, 9.17) is 5.26 Å². The molecule has 0 N–H and O–H groups in total. The molecule has 0 bridgehead atoms. The van der Waals surface area contributed by atoms with Gasteiger partial charge in [-0.05, 0) is 24.1 Å². The third kappa shape index (κ3) is 0.928. The third-order valence-electron chi connectivity index (χ3n) is 2.06. The van der Waals surface area contributed by atoms with Crippen LogP contribution in [-0.4, -0.2) is 6.54 Å². The molecule has 2 rings (SSSR count). The van der Waals surface area contributed by atoms with Crippen LogP contribution in [0, 0.1) is 17.3 Å². The van der Waals surface area contributed by atoms with E-state index in [1.54, 1.807) is 6.07 Å². The highest BCUT2D eigenvalue weighted by molar-refractivity contribution is 5.60. The molecule has 3 heteroatoms. The Labute approximate surface area is 69.8 Å². The van der Waals surface area contributed by atoms with E-state index < -0.39 is 0 Å². The first kappa shape index (κ1) is 7.11. The quantitative estimate of drug-likeness (QED) is 0.542. The average molecular weight is 162 g/mol. The van der Waals surface area contributed by atoms with Crippen molar-refractivity contribution in [3.63, 3.8) is 0 Å². The van der Waals surface area contributed by atoms with Crippen molar-refractivity contribution in [3.8, 4) is 6.19 Å². The fourth-order valence-corrected chi connectivity index (χ4v) is 1.46. The van der Waals surface area contributed by atoms with Crippen LogP contribution in [0.1, 0.15) is 5.56 Å². The van der Waals surface area contributed by atoms with Gasteiger partial charge in [-0.25, -0.2) is 4.39 Å². The number of fused-ring (bicyclic) bond motifs is 1. The number of hydrogen-bond donors (Lipinski definition) is 0. The van der Waals surface area contributed by atoms with Crippen LogP contribution in [0.3, 0.4) is 0 Å². The molecule has 0 unspecified atom stereocenters. The fraction of sp³-hybridized carbons (Fsp3) is 0.222. The molecule has 1 aromatic rings. The number of hydrogen-bond acceptors (Lipinski definition) is 2. The second-order valence-electron chi connectivity index (χ2n) is 2.77. The van der Waals surface area contributed by atoms with Gasteiger partial charge in [0.25, 0.3) is 0 Å². The van der Waals surface area contributed by atoms with Crippen LogP contribution in [0.5, 0.6) is 0 Å². The molecule has 0 saturated carbocycles. The Morgan fingerprint density at radius 3 is 3.08 bits per heavy atom. The largest absolute Gasteiger partial charge is 0.279 e. The highest BCUT2D eigenvalue weighted by Gasteiger charge is 2.18. The van der Waals surface area contributed by atoms with Gasteiger partial charge in [0.1, 0.15) is 5.82 Å². The molecule has 60 valence electrons. The Balaban J connectivity index is 2.51. The molecule has 1 aliphatic rings. The number of benzene rings is 1. The van der Waals surface area contributed by atoms with Crippen LogP contribution in [0.2, 0.25) is 0 Å². The molecular formula is C9H7FN2. The smallest absolute Gasteiger partial charge is 0.184 e. The zero-order valence-electron chi connectivity index (χ0n) is 6.42. The van der Waals surface area contributed by atoms with Crippen molar-refractivity contribution in [2.24, 2.45) is 0 Å². The maximum absolute atomic E-state index is 12.7. The lowest BCUT2D eigenvalue weighted by atomic mass is 10.2. The highest BCUT2D eigenvalue weighted by atomic mass is 19.1. The van der Waals surface area contributed by atoms with Gasteiger partial charge in [-0.3, -0.25) is 4.90 Å². The fourth-order valence-electron chi connectivity index (χ4n) is 1.46. The number of halogens is 1. The van der Waals surface area contributed by atoms with Crippen molar-refractivity contribution in [2.45, 2.75) is 6.42 Å². The van der Waals surface area contributed by atoms with Crippen LogP contribution >= 0.6 is 0 Å². The Kier molecular flexibility index (Phi) is 1.47. The molecule has 0 aliphatic carbocycles. The predicted octanol–water partition coefficient (Wildman–Crippen LogP) is 1.67. The van der Waals surface area contributed by atoms with Gasteiger partial charge >= 0.3 is 0 Å². The Morgan fingerprint density at radius 2 is 2.33 bits per heavy atom. The molecule has 0 aromatic heterocycles. The SMILES string of the molecule is N#CN1CCc2ccc(F)cc21. The van der Waals surface area contributed by atoms with Crippen molar-refractivity contribution in [2.75, 3.05) is 11.4 Å². The standard InChI is InChI=1S/C9H7FN2/c10-8-2-1-7-3-4-12(6-11)9(7)5-8/h1-2,5H,3-4H2. The summed E-state index contributed by atoms with van der Waals surface area (Å²) in [5, 5.41) is 8.66. The van der Waals surface area contributed by atoms with Gasteiger partial charge < -0.3 is 0 Å². The van der Waals surface area contributed by atoms with Crippen molar-refractivity contribution in [1.29, 1.82) is 5.26 Å². The van der Waals surface area contributed by atoms with E-state index in [0.29, 0.717) is 6.54 Å². The van der Waals surface area contributed by atoms with E-state index in [1.807, 2.05) is 6.19 Å². The number of nitrogens with zero attached hydrogens (tertiary/aromatic N) is 2. The lowest BCUT2D eigenvalue weighted by Crippen LogP contribution is -2.11. The summed E-state index contributed by atoms with van der Waals surface area (Å²) in [6.07, 6.45) is 2.85. The van der Waals surface area contributed by atoms with Crippen LogP contribution in [0.4, 0.5) is 10.1 Å². The molecule has 2 nitrogen and oxygen atoms in total. The molecule has 1 aliphatic heterocycles. The van der Waals surface area contributed by atoms with Crippen LogP contribution in [0.15, 0.2) is 18.2 Å². The zero-order chi connectivity index (χ0) is 8.55. The summed E-state index contributed by atoms with van der Waals surface area (Å²) in [7, 11) is 0. The predicted molar refractivity (Wildman–Crippen MR) is 43.1 cm³/mol. The van der Waals surface area contributed by atoms with E-state index in [-0.39, 0.29) is 5.82 Å². The lowest BCUT2D eigenvalue weighted by molar-refractivity contribution is 0.628. The van der Waals surface area contributed by atoms with E-state index in [2.05, 4.69) is 0 Å². The molecule has 0 radical (unpaired) electrons. The van der Waals surface area contributed by atoms with Crippen molar-refractivity contribution >= 4 is 5.69 Å². The summed E-state index contributed by atoms with van der Waals surface area (Å²) in [6.45, 7) is 0.676. The first-order valence-electron chi connectivity index (χ1n) is 3.77. The van der Waals surface area contributed by atoms with E-state index in [9.17, 15) is 4.39 Å². The summed E-state index contributed by atoms with van der Waals surface area (Å²) in [5.74, 6) is -0.282. The molecule has 12 heavy (non-hydrogen) atoms. The summed E-state index contributed by atoms with van der Waals surface area (Å²) >= 11 is 0. The third-order valence-corrected chi connectivity index (χ3v) is 2.06. The molecule has 0 amide bonds. The molecule has 1 aromatic carbocycles. The maximum Gasteiger partial charge on any atom is 0.184 e. The van der Waals surface area contributed by atoms with E-state index in [0.717, 1.165) is 17.7 Å².